The fraction of sp³-hybridized carbons (Fsp3) is 0.250. The molecule has 1 aliphatic rings. The number of oxazole rings is 1. The fourth-order valence-corrected chi connectivity index (χ4v) is 3.14. The summed E-state index contributed by atoms with van der Waals surface area (Å²) in [6, 6.07) is 11.3. The van der Waals surface area contributed by atoms with Crippen LogP contribution in [0.15, 0.2) is 46.9 Å². The minimum absolute atomic E-state index is 0.0895. The van der Waals surface area contributed by atoms with Crippen molar-refractivity contribution in [2.75, 3.05) is 36.5 Å². The molecule has 2 aromatic carbocycles. The number of nitrogens with two attached hydrogens (primary N) is 1. The van der Waals surface area contributed by atoms with Crippen molar-refractivity contribution in [2.24, 2.45) is 5.90 Å². The summed E-state index contributed by atoms with van der Waals surface area (Å²) in [6.07, 6.45) is 0. The first-order valence-electron chi connectivity index (χ1n) is 9.11. The first-order chi connectivity index (χ1) is 14.2. The molecule has 3 N–H and O–H groups in total. The van der Waals surface area contributed by atoms with Gasteiger partial charge < -0.3 is 19.4 Å². The molecule has 9 heteroatoms. The third-order valence-corrected chi connectivity index (χ3v) is 4.60. The molecular formula is C20H20F2N4O3. The van der Waals surface area contributed by atoms with Crippen LogP contribution in [0, 0.1) is 11.6 Å². The summed E-state index contributed by atoms with van der Waals surface area (Å²) < 4.78 is 39.1. The van der Waals surface area contributed by atoms with Crippen LogP contribution in [0.3, 0.4) is 0 Å². The SMILES string of the molecule is NOCc1nc(-c2c(F)cccc2F)oc1Nc1ccc(N2CCOCC2)cc1. The molecule has 7 nitrogen and oxygen atoms in total. The molecule has 1 aliphatic heterocycles. The van der Waals surface area contributed by atoms with Gasteiger partial charge in [0.1, 0.15) is 29.5 Å². The molecule has 0 aliphatic carbocycles. The van der Waals surface area contributed by atoms with Crippen LogP contribution in [0.1, 0.15) is 5.69 Å². The lowest BCUT2D eigenvalue weighted by molar-refractivity contribution is 0.122. The van der Waals surface area contributed by atoms with E-state index in [0.717, 1.165) is 36.6 Å². The van der Waals surface area contributed by atoms with E-state index in [-0.39, 0.29) is 23.9 Å². The zero-order valence-corrected chi connectivity index (χ0v) is 15.5. The molecule has 4 rings (SSSR count). The third kappa shape index (κ3) is 4.21. The number of benzene rings is 2. The summed E-state index contributed by atoms with van der Waals surface area (Å²) >= 11 is 0. The molecule has 2 heterocycles. The molecule has 1 aromatic heterocycles. The molecule has 152 valence electrons. The van der Waals surface area contributed by atoms with Crippen LogP contribution in [-0.2, 0) is 16.2 Å². The average Bonchev–Trinajstić information content (AvgIpc) is 3.11. The van der Waals surface area contributed by atoms with Crippen molar-refractivity contribution in [3.8, 4) is 11.5 Å². The number of anilines is 3. The molecule has 1 saturated heterocycles. The van der Waals surface area contributed by atoms with E-state index in [4.69, 9.17) is 15.1 Å². The van der Waals surface area contributed by atoms with E-state index in [1.54, 1.807) is 0 Å². The quantitative estimate of drug-likeness (QED) is 0.610. The van der Waals surface area contributed by atoms with E-state index >= 15 is 0 Å². The van der Waals surface area contributed by atoms with Gasteiger partial charge in [0.25, 0.3) is 0 Å². The molecule has 1 fully saturated rings. The van der Waals surface area contributed by atoms with Gasteiger partial charge in [0.2, 0.25) is 11.8 Å². The van der Waals surface area contributed by atoms with Crippen molar-refractivity contribution in [1.82, 2.24) is 4.98 Å². The third-order valence-electron chi connectivity index (χ3n) is 4.60. The molecule has 29 heavy (non-hydrogen) atoms. The molecule has 0 saturated carbocycles. The number of nitrogens with one attached hydrogen (secondary N) is 1. The molecule has 0 spiro atoms. The smallest absolute Gasteiger partial charge is 0.235 e. The van der Waals surface area contributed by atoms with Gasteiger partial charge in [0.05, 0.1) is 13.2 Å². The Labute approximate surface area is 166 Å². The Kier molecular flexibility index (Phi) is 5.70. The minimum atomic E-state index is -0.770. The van der Waals surface area contributed by atoms with E-state index < -0.39 is 11.6 Å². The summed E-state index contributed by atoms with van der Waals surface area (Å²) in [6.45, 7) is 2.99. The number of morpholine rings is 1. The summed E-state index contributed by atoms with van der Waals surface area (Å²) in [7, 11) is 0. The summed E-state index contributed by atoms with van der Waals surface area (Å²) in [5.41, 5.74) is 1.75. The number of ether oxygens (including phenoxy) is 1. The number of halogens is 2. The molecule has 0 amide bonds. The maximum atomic E-state index is 14.1. The maximum Gasteiger partial charge on any atom is 0.235 e. The Bertz CT molecular complexity index is 952. The highest BCUT2D eigenvalue weighted by molar-refractivity contribution is 5.64. The number of rotatable bonds is 6. The Morgan fingerprint density at radius 1 is 1.07 bits per heavy atom. The molecule has 0 bridgehead atoms. The topological polar surface area (TPSA) is 85.8 Å². The molecule has 0 atom stereocenters. The normalized spacial score (nSPS) is 14.2. The Morgan fingerprint density at radius 2 is 1.76 bits per heavy atom. The van der Waals surface area contributed by atoms with Gasteiger partial charge in [-0.05, 0) is 36.4 Å². The van der Waals surface area contributed by atoms with E-state index in [1.807, 2.05) is 24.3 Å². The average molecular weight is 402 g/mol. The van der Waals surface area contributed by atoms with E-state index in [9.17, 15) is 8.78 Å². The van der Waals surface area contributed by atoms with Crippen molar-refractivity contribution in [3.63, 3.8) is 0 Å². The monoisotopic (exact) mass is 402 g/mol. The standard InChI is InChI=1S/C20H20F2N4O3/c21-15-2-1-3-16(22)18(15)20-25-17(12-28-23)19(29-20)24-13-4-6-14(7-5-13)26-8-10-27-11-9-26/h1-7,24H,8-12,23H2. The van der Waals surface area contributed by atoms with Gasteiger partial charge in [-0.25, -0.2) is 19.7 Å². The van der Waals surface area contributed by atoms with Crippen molar-refractivity contribution in [3.05, 3.63) is 59.8 Å². The van der Waals surface area contributed by atoms with Crippen molar-refractivity contribution in [1.29, 1.82) is 0 Å². The van der Waals surface area contributed by atoms with E-state index in [1.165, 1.54) is 6.07 Å². The first kappa shape index (κ1) is 19.3. The lowest BCUT2D eigenvalue weighted by Gasteiger charge is -2.28. The van der Waals surface area contributed by atoms with Crippen LogP contribution < -0.4 is 16.1 Å². The zero-order chi connectivity index (χ0) is 20.2. The predicted octanol–water partition coefficient (Wildman–Crippen LogP) is 3.59. The molecular weight excluding hydrogens is 382 g/mol. The summed E-state index contributed by atoms with van der Waals surface area (Å²) in [5.74, 6) is 3.63. The highest BCUT2D eigenvalue weighted by atomic mass is 19.1. The second kappa shape index (κ2) is 8.56. The van der Waals surface area contributed by atoms with Gasteiger partial charge in [-0.15, -0.1) is 0 Å². The van der Waals surface area contributed by atoms with Gasteiger partial charge in [-0.2, -0.15) is 0 Å². The van der Waals surface area contributed by atoms with Crippen LogP contribution in [0.4, 0.5) is 26.0 Å². The van der Waals surface area contributed by atoms with Gasteiger partial charge in [0, 0.05) is 24.5 Å². The fourth-order valence-electron chi connectivity index (χ4n) is 3.14. The second-order valence-electron chi connectivity index (χ2n) is 6.47. The zero-order valence-electron chi connectivity index (χ0n) is 15.5. The van der Waals surface area contributed by atoms with Gasteiger partial charge in [-0.1, -0.05) is 6.07 Å². The predicted molar refractivity (Wildman–Crippen MR) is 104 cm³/mol. The van der Waals surface area contributed by atoms with Crippen LogP contribution in [-0.4, -0.2) is 31.3 Å². The van der Waals surface area contributed by atoms with Crippen LogP contribution >= 0.6 is 0 Å². The number of hydrogen-bond acceptors (Lipinski definition) is 7. The lowest BCUT2D eigenvalue weighted by Crippen LogP contribution is -2.36. The number of aromatic nitrogens is 1. The Balaban J connectivity index is 1.58. The molecule has 0 radical (unpaired) electrons. The second-order valence-corrected chi connectivity index (χ2v) is 6.47. The van der Waals surface area contributed by atoms with Crippen molar-refractivity contribution >= 4 is 17.3 Å². The van der Waals surface area contributed by atoms with Crippen LogP contribution in [0.2, 0.25) is 0 Å². The maximum absolute atomic E-state index is 14.1. The largest absolute Gasteiger partial charge is 0.420 e. The van der Waals surface area contributed by atoms with E-state index in [0.29, 0.717) is 18.9 Å². The number of nitrogens with zero attached hydrogens (tertiary/aromatic N) is 2. The Morgan fingerprint density at radius 3 is 2.41 bits per heavy atom. The van der Waals surface area contributed by atoms with Gasteiger partial charge in [0.15, 0.2) is 0 Å². The molecule has 0 unspecified atom stereocenters. The Hall–Kier alpha value is -3.01. The summed E-state index contributed by atoms with van der Waals surface area (Å²) in [4.78, 5) is 11.0. The van der Waals surface area contributed by atoms with Crippen molar-refractivity contribution < 1.29 is 22.8 Å². The van der Waals surface area contributed by atoms with Gasteiger partial charge in [-0.3, -0.25) is 4.84 Å². The molecule has 3 aromatic rings. The van der Waals surface area contributed by atoms with Crippen LogP contribution in [0.5, 0.6) is 0 Å². The number of hydrogen-bond donors (Lipinski definition) is 2. The van der Waals surface area contributed by atoms with Crippen molar-refractivity contribution in [2.45, 2.75) is 6.61 Å². The lowest BCUT2D eigenvalue weighted by atomic mass is 10.2. The minimum Gasteiger partial charge on any atom is -0.420 e. The summed E-state index contributed by atoms with van der Waals surface area (Å²) in [5, 5.41) is 3.06. The van der Waals surface area contributed by atoms with Crippen LogP contribution in [0.25, 0.3) is 11.5 Å². The first-order valence-corrected chi connectivity index (χ1v) is 9.11. The van der Waals surface area contributed by atoms with Gasteiger partial charge >= 0.3 is 0 Å². The highest BCUT2D eigenvalue weighted by Crippen LogP contribution is 2.32. The highest BCUT2D eigenvalue weighted by Gasteiger charge is 2.21. The van der Waals surface area contributed by atoms with E-state index in [2.05, 4.69) is 20.0 Å².